The first-order chi connectivity index (χ1) is 13.8. The summed E-state index contributed by atoms with van der Waals surface area (Å²) in [6.07, 6.45) is 1.29. The van der Waals surface area contributed by atoms with Crippen LogP contribution in [0.2, 0.25) is 0 Å². The van der Waals surface area contributed by atoms with Crippen molar-refractivity contribution in [3.8, 4) is 10.4 Å². The maximum atomic E-state index is 12.8. The normalized spacial score (nSPS) is 26.8. The minimum Gasteiger partial charge on any atom is -0.469 e. The van der Waals surface area contributed by atoms with Gasteiger partial charge < -0.3 is 14.6 Å². The molecule has 2 aromatic rings. The number of hydrogen-bond acceptors (Lipinski definition) is 8. The van der Waals surface area contributed by atoms with Gasteiger partial charge in [-0.05, 0) is 19.4 Å². The van der Waals surface area contributed by atoms with E-state index in [-0.39, 0.29) is 13.0 Å². The Morgan fingerprint density at radius 1 is 1.28 bits per heavy atom. The highest BCUT2D eigenvalue weighted by Gasteiger charge is 2.58. The van der Waals surface area contributed by atoms with Gasteiger partial charge in [0.15, 0.2) is 5.78 Å². The molecular formula is C21H23NO6S. The lowest BCUT2D eigenvalue weighted by molar-refractivity contribution is -0.171. The number of carbonyl (C=O) groups excluding carboxylic acids is 3. The lowest BCUT2D eigenvalue weighted by Gasteiger charge is -2.42. The van der Waals surface area contributed by atoms with Crippen molar-refractivity contribution >= 4 is 29.1 Å². The number of rotatable bonds is 5. The van der Waals surface area contributed by atoms with Crippen LogP contribution in [0.15, 0.2) is 36.5 Å². The van der Waals surface area contributed by atoms with Gasteiger partial charge in [0.1, 0.15) is 5.92 Å². The van der Waals surface area contributed by atoms with E-state index in [1.165, 1.54) is 25.4 Å². The van der Waals surface area contributed by atoms with Crippen LogP contribution in [-0.4, -0.2) is 47.1 Å². The van der Waals surface area contributed by atoms with Crippen LogP contribution in [0.25, 0.3) is 10.4 Å². The average molecular weight is 417 g/mol. The van der Waals surface area contributed by atoms with E-state index in [0.717, 1.165) is 10.4 Å². The summed E-state index contributed by atoms with van der Waals surface area (Å²) in [7, 11) is 1.21. The quantitative estimate of drug-likeness (QED) is 0.589. The molecule has 1 aromatic heterocycles. The van der Waals surface area contributed by atoms with Crippen LogP contribution in [0.3, 0.4) is 0 Å². The van der Waals surface area contributed by atoms with E-state index in [4.69, 9.17) is 9.47 Å². The molecule has 0 radical (unpaired) electrons. The van der Waals surface area contributed by atoms with Gasteiger partial charge in [0.2, 0.25) is 0 Å². The summed E-state index contributed by atoms with van der Waals surface area (Å²) in [5.74, 6) is -5.22. The Labute approximate surface area is 172 Å². The van der Waals surface area contributed by atoms with Crippen molar-refractivity contribution in [2.45, 2.75) is 31.8 Å². The number of hydrogen-bond donors (Lipinski definition) is 1. The molecule has 0 bridgehead atoms. The standard InChI is InChI=1S/C21H23NO6S/c1-4-28-19(24)15-13(23)10-21(2,26)17(20(25)27-3)16(15)18-22-11-14(29-18)12-8-6-5-7-9-12/h5-9,11,15-17,26H,4,10H2,1-3H3. The summed E-state index contributed by atoms with van der Waals surface area (Å²) >= 11 is 1.28. The van der Waals surface area contributed by atoms with Crippen LogP contribution in [-0.2, 0) is 23.9 Å². The Morgan fingerprint density at radius 2 is 1.97 bits per heavy atom. The second-order valence-electron chi connectivity index (χ2n) is 7.19. The van der Waals surface area contributed by atoms with Gasteiger partial charge in [-0.3, -0.25) is 14.4 Å². The number of thiazole rings is 1. The maximum Gasteiger partial charge on any atom is 0.317 e. The summed E-state index contributed by atoms with van der Waals surface area (Å²) in [5, 5.41) is 11.3. The minimum atomic E-state index is -1.67. The van der Waals surface area contributed by atoms with Gasteiger partial charge in [-0.25, -0.2) is 4.98 Å². The van der Waals surface area contributed by atoms with Crippen LogP contribution >= 0.6 is 11.3 Å². The first-order valence-corrected chi connectivity index (χ1v) is 10.1. The smallest absolute Gasteiger partial charge is 0.317 e. The molecule has 8 heteroatoms. The van der Waals surface area contributed by atoms with Crippen molar-refractivity contribution in [2.75, 3.05) is 13.7 Å². The number of methoxy groups -OCH3 is 1. The van der Waals surface area contributed by atoms with E-state index in [1.807, 2.05) is 30.3 Å². The molecule has 4 atom stereocenters. The largest absolute Gasteiger partial charge is 0.469 e. The Kier molecular flexibility index (Phi) is 6.14. The van der Waals surface area contributed by atoms with Gasteiger partial charge >= 0.3 is 11.9 Å². The van der Waals surface area contributed by atoms with Crippen molar-refractivity contribution in [1.82, 2.24) is 4.98 Å². The van der Waals surface area contributed by atoms with Crippen LogP contribution in [0.4, 0.5) is 0 Å². The van der Waals surface area contributed by atoms with Gasteiger partial charge in [-0.1, -0.05) is 30.3 Å². The molecule has 0 aliphatic heterocycles. The van der Waals surface area contributed by atoms with E-state index in [0.29, 0.717) is 5.01 Å². The van der Waals surface area contributed by atoms with Crippen molar-refractivity contribution < 1.29 is 29.0 Å². The van der Waals surface area contributed by atoms with E-state index in [2.05, 4.69) is 4.98 Å². The Morgan fingerprint density at radius 3 is 2.59 bits per heavy atom. The van der Waals surface area contributed by atoms with Crippen LogP contribution in [0, 0.1) is 11.8 Å². The van der Waals surface area contributed by atoms with Gasteiger partial charge in [-0.2, -0.15) is 0 Å². The monoisotopic (exact) mass is 417 g/mol. The highest BCUT2D eigenvalue weighted by molar-refractivity contribution is 7.15. The second kappa shape index (κ2) is 8.42. The van der Waals surface area contributed by atoms with Crippen LogP contribution in [0.5, 0.6) is 0 Å². The third kappa shape index (κ3) is 4.09. The van der Waals surface area contributed by atoms with E-state index in [1.54, 1.807) is 13.1 Å². The number of esters is 2. The van der Waals surface area contributed by atoms with E-state index in [9.17, 15) is 19.5 Å². The molecule has 7 nitrogen and oxygen atoms in total. The van der Waals surface area contributed by atoms with E-state index >= 15 is 0 Å². The molecule has 1 aromatic carbocycles. The number of aromatic nitrogens is 1. The number of aliphatic hydroxyl groups is 1. The van der Waals surface area contributed by atoms with Crippen molar-refractivity contribution in [3.05, 3.63) is 41.5 Å². The third-order valence-corrected chi connectivity index (χ3v) is 6.28. The molecule has 1 fully saturated rings. The zero-order valence-electron chi connectivity index (χ0n) is 16.5. The molecule has 3 rings (SSSR count). The average Bonchev–Trinajstić information content (AvgIpc) is 3.17. The molecule has 1 aliphatic rings. The van der Waals surface area contributed by atoms with Crippen LogP contribution in [0.1, 0.15) is 31.2 Å². The Bertz CT molecular complexity index is 907. The van der Waals surface area contributed by atoms with Crippen molar-refractivity contribution in [1.29, 1.82) is 0 Å². The number of nitrogens with zero attached hydrogens (tertiary/aromatic N) is 1. The fraction of sp³-hybridized carbons (Fsp3) is 0.429. The predicted octanol–water partition coefficient (Wildman–Crippen LogP) is 2.59. The summed E-state index contributed by atoms with van der Waals surface area (Å²) < 4.78 is 10.0. The molecule has 0 saturated heterocycles. The molecule has 154 valence electrons. The van der Waals surface area contributed by atoms with Crippen molar-refractivity contribution in [3.63, 3.8) is 0 Å². The number of Topliss-reactive ketones (excluding diaryl/α,β-unsaturated/α-hetero) is 1. The summed E-state index contributed by atoms with van der Waals surface area (Å²) in [5.41, 5.74) is -0.747. The molecule has 1 aliphatic carbocycles. The molecule has 1 N–H and O–H groups in total. The number of benzene rings is 1. The zero-order valence-corrected chi connectivity index (χ0v) is 17.3. The highest BCUT2D eigenvalue weighted by Crippen LogP contribution is 2.48. The maximum absolute atomic E-state index is 12.8. The molecular weight excluding hydrogens is 394 g/mol. The van der Waals surface area contributed by atoms with Crippen molar-refractivity contribution in [2.24, 2.45) is 11.8 Å². The van der Waals surface area contributed by atoms with Gasteiger partial charge in [0.05, 0.1) is 35.1 Å². The molecule has 0 amide bonds. The molecule has 29 heavy (non-hydrogen) atoms. The SMILES string of the molecule is CCOC(=O)C1C(=O)CC(C)(O)C(C(=O)OC)C1c1ncc(-c2ccccc2)s1. The number of ketones is 1. The molecule has 1 heterocycles. The second-order valence-corrected chi connectivity index (χ2v) is 8.25. The lowest BCUT2D eigenvalue weighted by Crippen LogP contribution is -2.55. The van der Waals surface area contributed by atoms with Gasteiger partial charge in [-0.15, -0.1) is 11.3 Å². The zero-order chi connectivity index (χ0) is 21.2. The lowest BCUT2D eigenvalue weighted by atomic mass is 9.64. The first-order valence-electron chi connectivity index (χ1n) is 9.30. The van der Waals surface area contributed by atoms with Crippen LogP contribution < -0.4 is 0 Å². The summed E-state index contributed by atoms with van der Waals surface area (Å²) in [6, 6.07) is 9.51. The first kappa shape index (κ1) is 21.1. The predicted molar refractivity (Wildman–Crippen MR) is 106 cm³/mol. The number of carbonyl (C=O) groups is 3. The summed E-state index contributed by atoms with van der Waals surface area (Å²) in [6.45, 7) is 3.15. The summed E-state index contributed by atoms with van der Waals surface area (Å²) in [4.78, 5) is 43.3. The molecule has 0 spiro atoms. The Balaban J connectivity index is 2.11. The van der Waals surface area contributed by atoms with Gasteiger partial charge in [0, 0.05) is 18.5 Å². The highest BCUT2D eigenvalue weighted by atomic mass is 32.1. The van der Waals surface area contributed by atoms with Gasteiger partial charge in [0.25, 0.3) is 0 Å². The van der Waals surface area contributed by atoms with E-state index < -0.39 is 41.1 Å². The topological polar surface area (TPSA) is 103 Å². The number of ether oxygens (including phenoxy) is 2. The third-order valence-electron chi connectivity index (χ3n) is 5.13. The minimum absolute atomic E-state index is 0.0990. The fourth-order valence-electron chi connectivity index (χ4n) is 3.85. The molecule has 4 unspecified atom stereocenters. The molecule has 1 saturated carbocycles. The fourth-order valence-corrected chi connectivity index (χ4v) is 4.95. The Hall–Kier alpha value is -2.58.